The van der Waals surface area contributed by atoms with Crippen LogP contribution in [0.5, 0.6) is 0 Å². The maximum absolute atomic E-state index is 5.30. The van der Waals surface area contributed by atoms with Gasteiger partial charge in [-0.25, -0.2) is 9.97 Å². The Balaban J connectivity index is 1.89. The molecule has 5 heteroatoms. The minimum atomic E-state index is 0.0552. The summed E-state index contributed by atoms with van der Waals surface area (Å²) in [5, 5.41) is 3.53. The second-order valence-electron chi connectivity index (χ2n) is 6.87. The van der Waals surface area contributed by atoms with E-state index in [1.807, 2.05) is 18.3 Å². The molecule has 2 aromatic rings. The number of methoxy groups -OCH3 is 1. The van der Waals surface area contributed by atoms with Crippen molar-refractivity contribution in [3.63, 3.8) is 0 Å². The molecule has 1 N–H and O–H groups in total. The van der Waals surface area contributed by atoms with E-state index in [1.54, 1.807) is 13.3 Å². The molecule has 0 saturated heterocycles. The number of nitrogens with one attached hydrogen (secondary N) is 1. The van der Waals surface area contributed by atoms with Crippen molar-refractivity contribution < 1.29 is 4.74 Å². The highest BCUT2D eigenvalue weighted by molar-refractivity contribution is 5.59. The molecule has 0 aromatic carbocycles. The molecule has 3 rings (SSSR count). The van der Waals surface area contributed by atoms with E-state index < -0.39 is 0 Å². The molecule has 5 nitrogen and oxygen atoms in total. The molecule has 1 aliphatic carbocycles. The minimum absolute atomic E-state index is 0.0552. The normalized spacial score (nSPS) is 13.9. The fourth-order valence-corrected chi connectivity index (χ4v) is 2.97. The van der Waals surface area contributed by atoms with Crippen LogP contribution >= 0.6 is 0 Å². The number of aromatic nitrogens is 3. The van der Waals surface area contributed by atoms with Crippen LogP contribution in [0.3, 0.4) is 0 Å². The molecule has 2 aromatic heterocycles. The van der Waals surface area contributed by atoms with Crippen LogP contribution in [-0.2, 0) is 17.6 Å². The standard InChI is InChI=1S/C18H24N4O/c1-18(2,12-23-3)11-20-17-14-7-4-8-15(14)21-16(22-17)13-6-5-9-19-10-13/h5-6,9-10H,4,7-8,11-12H2,1-3H3,(H,20,21,22). The van der Waals surface area contributed by atoms with Crippen LogP contribution in [0.4, 0.5) is 5.82 Å². The lowest BCUT2D eigenvalue weighted by atomic mass is 9.95. The van der Waals surface area contributed by atoms with Gasteiger partial charge in [0.05, 0.1) is 6.61 Å². The molecule has 1 aliphatic rings. The van der Waals surface area contributed by atoms with Crippen LogP contribution < -0.4 is 5.32 Å². The Morgan fingerprint density at radius 3 is 2.87 bits per heavy atom. The molecule has 23 heavy (non-hydrogen) atoms. The zero-order valence-corrected chi connectivity index (χ0v) is 14.1. The summed E-state index contributed by atoms with van der Waals surface area (Å²) in [5.74, 6) is 1.72. The van der Waals surface area contributed by atoms with E-state index in [0.717, 1.165) is 43.0 Å². The lowest BCUT2D eigenvalue weighted by molar-refractivity contribution is 0.112. The van der Waals surface area contributed by atoms with Gasteiger partial charge >= 0.3 is 0 Å². The van der Waals surface area contributed by atoms with Gasteiger partial charge in [-0.05, 0) is 31.4 Å². The van der Waals surface area contributed by atoms with Crippen molar-refractivity contribution in [2.45, 2.75) is 33.1 Å². The van der Waals surface area contributed by atoms with Gasteiger partial charge in [-0.15, -0.1) is 0 Å². The van der Waals surface area contributed by atoms with Crippen LogP contribution in [0.1, 0.15) is 31.5 Å². The first kappa shape index (κ1) is 15.9. The lowest BCUT2D eigenvalue weighted by Crippen LogP contribution is -2.28. The monoisotopic (exact) mass is 312 g/mol. The molecule has 0 saturated carbocycles. The Bertz CT molecular complexity index is 670. The van der Waals surface area contributed by atoms with Gasteiger partial charge in [-0.1, -0.05) is 13.8 Å². The third-order valence-corrected chi connectivity index (χ3v) is 4.12. The molecule has 2 heterocycles. The van der Waals surface area contributed by atoms with E-state index in [1.165, 1.54) is 11.3 Å². The average Bonchev–Trinajstić information content (AvgIpc) is 3.02. The van der Waals surface area contributed by atoms with Crippen LogP contribution in [0.15, 0.2) is 24.5 Å². The van der Waals surface area contributed by atoms with Crippen molar-refractivity contribution in [2.24, 2.45) is 5.41 Å². The number of hydrogen-bond donors (Lipinski definition) is 1. The van der Waals surface area contributed by atoms with E-state index in [4.69, 9.17) is 14.7 Å². The number of anilines is 1. The second-order valence-corrected chi connectivity index (χ2v) is 6.87. The van der Waals surface area contributed by atoms with Crippen molar-refractivity contribution in [1.82, 2.24) is 15.0 Å². The van der Waals surface area contributed by atoms with Gasteiger partial charge in [0.25, 0.3) is 0 Å². The molecule has 0 bridgehead atoms. The largest absolute Gasteiger partial charge is 0.384 e. The van der Waals surface area contributed by atoms with E-state index in [9.17, 15) is 0 Å². The first-order valence-electron chi connectivity index (χ1n) is 8.12. The Morgan fingerprint density at radius 1 is 1.26 bits per heavy atom. The SMILES string of the molecule is COCC(C)(C)CNc1nc(-c2cccnc2)nc2c1CCC2. The highest BCUT2D eigenvalue weighted by Crippen LogP contribution is 2.29. The summed E-state index contributed by atoms with van der Waals surface area (Å²) in [6, 6.07) is 3.92. The molecule has 0 unspecified atom stereocenters. The van der Waals surface area contributed by atoms with E-state index >= 15 is 0 Å². The van der Waals surface area contributed by atoms with E-state index in [-0.39, 0.29) is 5.41 Å². The predicted octanol–water partition coefficient (Wildman–Crippen LogP) is 3.11. The minimum Gasteiger partial charge on any atom is -0.384 e. The summed E-state index contributed by atoms with van der Waals surface area (Å²) in [7, 11) is 1.74. The van der Waals surface area contributed by atoms with Crippen LogP contribution in [0.25, 0.3) is 11.4 Å². The summed E-state index contributed by atoms with van der Waals surface area (Å²) in [5.41, 5.74) is 3.46. The second kappa shape index (κ2) is 6.62. The molecule has 0 amide bonds. The summed E-state index contributed by atoms with van der Waals surface area (Å²) < 4.78 is 5.30. The number of hydrogen-bond acceptors (Lipinski definition) is 5. The maximum Gasteiger partial charge on any atom is 0.163 e. The molecule has 0 fully saturated rings. The quantitative estimate of drug-likeness (QED) is 0.888. The van der Waals surface area contributed by atoms with Gasteiger partial charge in [-0.2, -0.15) is 0 Å². The first-order chi connectivity index (χ1) is 11.1. The van der Waals surface area contributed by atoms with Crippen molar-refractivity contribution >= 4 is 5.82 Å². The lowest BCUT2D eigenvalue weighted by Gasteiger charge is -2.25. The Labute approximate surface area is 137 Å². The summed E-state index contributed by atoms with van der Waals surface area (Å²) >= 11 is 0. The Hall–Kier alpha value is -2.01. The molecule has 0 spiro atoms. The average molecular weight is 312 g/mol. The highest BCUT2D eigenvalue weighted by atomic mass is 16.5. The maximum atomic E-state index is 5.30. The number of ether oxygens (including phenoxy) is 1. The van der Waals surface area contributed by atoms with Gasteiger partial charge in [0.1, 0.15) is 5.82 Å². The molecule has 0 aliphatic heterocycles. The smallest absolute Gasteiger partial charge is 0.163 e. The van der Waals surface area contributed by atoms with Crippen LogP contribution in [0.2, 0.25) is 0 Å². The fourth-order valence-electron chi connectivity index (χ4n) is 2.97. The number of rotatable bonds is 6. The van der Waals surface area contributed by atoms with Crippen molar-refractivity contribution in [3.8, 4) is 11.4 Å². The topological polar surface area (TPSA) is 59.9 Å². The molecular weight excluding hydrogens is 288 g/mol. The van der Waals surface area contributed by atoms with Crippen LogP contribution in [0, 0.1) is 5.41 Å². The highest BCUT2D eigenvalue weighted by Gasteiger charge is 2.23. The fraction of sp³-hybridized carbons (Fsp3) is 0.500. The molecular formula is C18H24N4O. The summed E-state index contributed by atoms with van der Waals surface area (Å²) in [4.78, 5) is 13.7. The van der Waals surface area contributed by atoms with Gasteiger partial charge in [-0.3, -0.25) is 4.98 Å². The number of pyridine rings is 1. The number of aryl methyl sites for hydroxylation is 1. The first-order valence-corrected chi connectivity index (χ1v) is 8.12. The van der Waals surface area contributed by atoms with Gasteiger partial charge in [0, 0.05) is 48.3 Å². The molecule has 122 valence electrons. The van der Waals surface area contributed by atoms with E-state index in [0.29, 0.717) is 6.61 Å². The van der Waals surface area contributed by atoms with Crippen molar-refractivity contribution in [2.75, 3.05) is 25.6 Å². The van der Waals surface area contributed by atoms with Crippen molar-refractivity contribution in [1.29, 1.82) is 0 Å². The molecule has 0 radical (unpaired) electrons. The third kappa shape index (κ3) is 3.67. The third-order valence-electron chi connectivity index (χ3n) is 4.12. The van der Waals surface area contributed by atoms with Crippen LogP contribution in [-0.4, -0.2) is 35.2 Å². The Kier molecular flexibility index (Phi) is 4.57. The zero-order chi connectivity index (χ0) is 16.3. The number of nitrogens with zero attached hydrogens (tertiary/aromatic N) is 3. The molecule has 0 atom stereocenters. The summed E-state index contributed by atoms with van der Waals surface area (Å²) in [6.45, 7) is 5.90. The predicted molar refractivity (Wildman–Crippen MR) is 91.4 cm³/mol. The van der Waals surface area contributed by atoms with Crippen molar-refractivity contribution in [3.05, 3.63) is 35.8 Å². The Morgan fingerprint density at radius 2 is 2.13 bits per heavy atom. The number of fused-ring (bicyclic) bond motifs is 1. The zero-order valence-electron chi connectivity index (χ0n) is 14.1. The van der Waals surface area contributed by atoms with E-state index in [2.05, 4.69) is 24.1 Å². The van der Waals surface area contributed by atoms with Gasteiger partial charge in [0.2, 0.25) is 0 Å². The summed E-state index contributed by atoms with van der Waals surface area (Å²) in [6.07, 6.45) is 6.81. The van der Waals surface area contributed by atoms with Gasteiger partial charge < -0.3 is 10.1 Å². The van der Waals surface area contributed by atoms with Gasteiger partial charge in [0.15, 0.2) is 5.82 Å².